The number of aliphatic carboxylic acids is 1. The topological polar surface area (TPSA) is 379 Å². The summed E-state index contributed by atoms with van der Waals surface area (Å²) in [4.78, 5) is 194. The summed E-state index contributed by atoms with van der Waals surface area (Å²) in [6.07, 6.45) is -2.99. The maximum Gasteiger partial charge on any atom is 0.333 e. The Hall–Kier alpha value is -8.45. The Balaban J connectivity index is 1.49. The summed E-state index contributed by atoms with van der Waals surface area (Å²) < 4.78 is 25.7. The van der Waals surface area contributed by atoms with E-state index in [-0.39, 0.29) is 84.4 Å². The number of fused-ring (bicyclic) bond motifs is 1. The minimum absolute atomic E-state index is 0.00810. The number of likely N-dealkylation sites (N-methyl/N-ethyl adjacent to an activating group) is 3. The smallest absolute Gasteiger partial charge is 0.333 e. The average Bonchev–Trinajstić information content (AvgIpc) is 1.14. The largest absolute Gasteiger partial charge is 0.480 e. The first kappa shape index (κ1) is 76.6. The number of aliphatic hydroxyl groups excluding tert-OH is 1. The van der Waals surface area contributed by atoms with E-state index in [9.17, 15) is 66.6 Å². The molecule has 0 aromatic heterocycles. The zero-order valence-corrected chi connectivity index (χ0v) is 57.4. The molecule has 15 amide bonds. The number of urea groups is 3. The molecule has 0 radical (unpaired) electrons. The lowest BCUT2D eigenvalue weighted by Gasteiger charge is -2.36. The number of likely N-dealkylation sites (tertiary alicyclic amines) is 1. The molecular formula is C63H81Cl3N12O17S. The van der Waals surface area contributed by atoms with Crippen molar-refractivity contribution in [1.82, 2.24) is 60.9 Å². The van der Waals surface area contributed by atoms with Gasteiger partial charge in [-0.2, -0.15) is 0 Å². The van der Waals surface area contributed by atoms with Crippen LogP contribution in [0.15, 0.2) is 72.8 Å². The van der Waals surface area contributed by atoms with Gasteiger partial charge in [0.15, 0.2) is 0 Å². The highest BCUT2D eigenvalue weighted by Gasteiger charge is 2.45. The van der Waals surface area contributed by atoms with Crippen molar-refractivity contribution in [1.29, 1.82) is 0 Å². The van der Waals surface area contributed by atoms with Crippen molar-refractivity contribution in [3.05, 3.63) is 105 Å². The molecule has 0 aliphatic carbocycles. The highest BCUT2D eigenvalue weighted by molar-refractivity contribution is 7.90. The number of carbonyl (C=O) groups is 13. The first-order valence-corrected chi connectivity index (χ1v) is 34.2. The summed E-state index contributed by atoms with van der Waals surface area (Å²) in [5.41, 5.74) is 1.14. The molecule has 3 fully saturated rings. The number of sulfone groups is 1. The van der Waals surface area contributed by atoms with Gasteiger partial charge in [-0.25, -0.2) is 32.5 Å². The number of halogens is 3. The van der Waals surface area contributed by atoms with E-state index in [0.29, 0.717) is 21.6 Å². The number of hydrogen-bond donors (Lipinski definition) is 7. The Morgan fingerprint density at radius 1 is 0.635 bits per heavy atom. The van der Waals surface area contributed by atoms with Crippen LogP contribution >= 0.6 is 34.8 Å². The van der Waals surface area contributed by atoms with Gasteiger partial charge < -0.3 is 56.0 Å². The Bertz CT molecular complexity index is 3590. The number of imide groups is 3. The molecule has 0 saturated carbocycles. The number of nitrogens with one attached hydrogen (secondary N) is 5. The van der Waals surface area contributed by atoms with Crippen LogP contribution in [0, 0.1) is 0 Å². The van der Waals surface area contributed by atoms with Gasteiger partial charge in [-0.05, 0) is 105 Å². The zero-order valence-electron chi connectivity index (χ0n) is 54.3. The van der Waals surface area contributed by atoms with Crippen molar-refractivity contribution in [2.45, 2.75) is 145 Å². The van der Waals surface area contributed by atoms with Gasteiger partial charge in [0, 0.05) is 88.4 Å². The molecule has 33 heteroatoms. The van der Waals surface area contributed by atoms with Gasteiger partial charge in [-0.15, -0.1) is 0 Å². The molecule has 3 heterocycles. The summed E-state index contributed by atoms with van der Waals surface area (Å²) in [7, 11) is 0.602. The Morgan fingerprint density at radius 3 is 1.68 bits per heavy atom. The van der Waals surface area contributed by atoms with Gasteiger partial charge in [0.25, 0.3) is 5.91 Å². The third kappa shape index (κ3) is 20.1. The molecule has 3 aromatic rings. The summed E-state index contributed by atoms with van der Waals surface area (Å²) in [6.45, 7) is 3.27. The van der Waals surface area contributed by atoms with Crippen LogP contribution in [0.1, 0.15) is 82.4 Å². The highest BCUT2D eigenvalue weighted by atomic mass is 35.5. The number of hydrogen-bond acceptors (Lipinski definition) is 16. The van der Waals surface area contributed by atoms with E-state index < -0.39 is 173 Å². The number of rotatable bonds is 14. The van der Waals surface area contributed by atoms with Crippen LogP contribution in [-0.2, 0) is 77.0 Å². The van der Waals surface area contributed by atoms with E-state index in [1.807, 2.05) is 5.32 Å². The zero-order chi connectivity index (χ0) is 71.2. The van der Waals surface area contributed by atoms with Gasteiger partial charge in [0.2, 0.25) is 47.3 Å². The second-order valence-electron chi connectivity index (χ2n) is 24.1. The van der Waals surface area contributed by atoms with E-state index in [2.05, 4.69) is 21.3 Å². The first-order valence-electron chi connectivity index (χ1n) is 31.0. The summed E-state index contributed by atoms with van der Waals surface area (Å²) in [5.74, 6) is -11.3. The van der Waals surface area contributed by atoms with Crippen molar-refractivity contribution in [3.8, 4) is 0 Å². The second kappa shape index (κ2) is 34.0. The Morgan fingerprint density at radius 2 is 1.16 bits per heavy atom. The van der Waals surface area contributed by atoms with Crippen LogP contribution in [0.4, 0.5) is 14.4 Å². The summed E-state index contributed by atoms with van der Waals surface area (Å²) in [6, 6.07) is -0.577. The quantitative estimate of drug-likeness (QED) is 0.121. The molecule has 3 aromatic carbocycles. The molecule has 3 aliphatic rings. The van der Waals surface area contributed by atoms with E-state index >= 15 is 14.4 Å². The molecule has 10 atom stereocenters. The number of aliphatic hydroxyl groups is 1. The van der Waals surface area contributed by atoms with Crippen LogP contribution in [0.3, 0.4) is 0 Å². The summed E-state index contributed by atoms with van der Waals surface area (Å²) >= 11 is 19.2. The maximum absolute atomic E-state index is 15.4. The van der Waals surface area contributed by atoms with Crippen molar-refractivity contribution in [2.75, 3.05) is 59.8 Å². The van der Waals surface area contributed by atoms with Crippen LogP contribution < -0.4 is 26.6 Å². The van der Waals surface area contributed by atoms with E-state index in [1.165, 1.54) is 45.3 Å². The van der Waals surface area contributed by atoms with Gasteiger partial charge in [0.05, 0.1) is 18.3 Å². The van der Waals surface area contributed by atoms with E-state index in [1.54, 1.807) is 55.5 Å². The average molecular weight is 1420 g/mol. The fourth-order valence-electron chi connectivity index (χ4n) is 11.6. The molecule has 96 heavy (non-hydrogen) atoms. The van der Waals surface area contributed by atoms with Crippen LogP contribution in [0.2, 0.25) is 15.1 Å². The number of benzene rings is 3. The lowest BCUT2D eigenvalue weighted by atomic mass is 9.99. The third-order valence-electron chi connectivity index (χ3n) is 16.9. The first-order chi connectivity index (χ1) is 45.1. The predicted molar refractivity (Wildman–Crippen MR) is 350 cm³/mol. The van der Waals surface area contributed by atoms with Gasteiger partial charge in [-0.1, -0.05) is 78.1 Å². The van der Waals surface area contributed by atoms with E-state index in [4.69, 9.17) is 34.8 Å². The molecule has 3 aliphatic heterocycles. The SMILES string of the molecule is CCCN1C(=O)NC(=O)N(C)C(=O)NC(C(=O)N2CCC[C@H]2C(=O)O)CC(=O)NC(C)C(=O)N(C)C(Cc2cccc(Cl)c2)C(=O)N(C)C(Cc2cccc(Cl)c2)C(=O)N[C@@H](CCS(C)(=O)=O)C(=O)N2CCCC2C(=O)NC([C@@H](C)O)C(=O)N(C)[C@@H](Cc2cccc(Cl)c2)C1=O. The number of carbonyl (C=O) groups excluding carboxylic acids is 12. The monoisotopic (exact) mass is 1410 g/mol. The molecule has 0 spiro atoms. The number of amides is 15. The standard InChI is InChI=1S/C63H81Cl3N12O17S/c1-9-24-78-58(87)49(33-39-17-12-20-42(66)30-39)74(6)59(88)51(36(3)79)70-52(81)45-21-13-25-76(45)55(84)43(23-27-96(8,94)95)68-53(82)47(31-37-15-10-18-40(64)28-37)72(4)57(86)48(32-38-16-11-19-41(65)29-38)73(5)54(83)35(2)67-50(80)34-44(56(85)77-26-14-22-46(77)60(89)90)69-61(91)75(7)62(92)71-63(78)93/h10-12,15-20,28-30,35-36,43-49,51,79H,9,13-14,21-27,31-34H2,1-8H3,(H,67,80)(H,68,82)(H,69,91)(H,70,81)(H,89,90)(H,71,92,93)/t35?,36-,43+,44?,45?,46+,47?,48?,49+,51?/m1/s1. The molecular weight excluding hydrogens is 1340 g/mol. The predicted octanol–water partition coefficient (Wildman–Crippen LogP) is 1.99. The van der Waals surface area contributed by atoms with Crippen LogP contribution in [0.25, 0.3) is 0 Å². The Labute approximate surface area is 570 Å². The number of carboxylic acids is 1. The fourth-order valence-corrected chi connectivity index (χ4v) is 12.9. The van der Waals surface area contributed by atoms with Crippen LogP contribution in [-0.4, -0.2) is 250 Å². The lowest BCUT2D eigenvalue weighted by molar-refractivity contribution is -0.150. The molecule has 6 unspecified atom stereocenters. The molecule has 522 valence electrons. The van der Waals surface area contributed by atoms with Gasteiger partial charge in [0.1, 0.15) is 64.2 Å². The van der Waals surface area contributed by atoms with Crippen molar-refractivity contribution < 1.29 is 81.0 Å². The van der Waals surface area contributed by atoms with Gasteiger partial charge in [-0.3, -0.25) is 53.4 Å². The minimum Gasteiger partial charge on any atom is -0.480 e. The highest BCUT2D eigenvalue weighted by Crippen LogP contribution is 2.26. The third-order valence-corrected chi connectivity index (χ3v) is 18.6. The molecule has 29 nitrogen and oxygen atoms in total. The van der Waals surface area contributed by atoms with Crippen molar-refractivity contribution in [2.24, 2.45) is 0 Å². The number of nitrogens with zero attached hydrogens (tertiary/aromatic N) is 7. The minimum atomic E-state index is -3.89. The fraction of sp³-hybridized carbons (Fsp3) is 0.508. The molecule has 7 N–H and O–H groups in total. The summed E-state index contributed by atoms with van der Waals surface area (Å²) in [5, 5.41) is 33.8. The van der Waals surface area contributed by atoms with Gasteiger partial charge >= 0.3 is 24.1 Å². The lowest BCUT2D eigenvalue weighted by Crippen LogP contribution is -2.62. The molecule has 3 saturated heterocycles. The number of carboxylic acid groups (broad SMARTS) is 1. The van der Waals surface area contributed by atoms with E-state index in [0.717, 1.165) is 51.8 Å². The van der Waals surface area contributed by atoms with Crippen LogP contribution in [0.5, 0.6) is 0 Å². The van der Waals surface area contributed by atoms with Crippen molar-refractivity contribution in [3.63, 3.8) is 0 Å². The normalized spacial score (nSPS) is 24.6. The second-order valence-corrected chi connectivity index (χ2v) is 27.7. The molecule has 0 bridgehead atoms. The molecule has 6 rings (SSSR count). The Kier molecular flexibility index (Phi) is 27.1. The van der Waals surface area contributed by atoms with Crippen molar-refractivity contribution >= 4 is 122 Å². The maximum atomic E-state index is 15.4.